The first kappa shape index (κ1) is 8.27. The van der Waals surface area contributed by atoms with E-state index < -0.39 is 0 Å². The second kappa shape index (κ2) is 3.53. The van der Waals surface area contributed by atoms with Crippen LogP contribution in [0.2, 0.25) is 0 Å². The van der Waals surface area contributed by atoms with Gasteiger partial charge in [-0.3, -0.25) is 0 Å². The quantitative estimate of drug-likeness (QED) is 0.524. The van der Waals surface area contributed by atoms with Gasteiger partial charge in [-0.1, -0.05) is 6.07 Å². The first-order chi connectivity index (χ1) is 5.24. The van der Waals surface area contributed by atoms with Gasteiger partial charge in [0.2, 0.25) is 0 Å². The lowest BCUT2D eigenvalue weighted by molar-refractivity contribution is 0.477. The number of hydrogen-bond donors (Lipinski definition) is 2. The third kappa shape index (κ3) is 2.05. The maximum atomic E-state index is 9.19. The Kier molecular flexibility index (Phi) is 2.65. The van der Waals surface area contributed by atoms with Gasteiger partial charge >= 0.3 is 0 Å². The molecule has 3 N–H and O–H groups in total. The molecular formula is C8H11NOS. The Hall–Kier alpha value is -0.830. The average Bonchev–Trinajstić information content (AvgIpc) is 1.98. The lowest BCUT2D eigenvalue weighted by atomic mass is 10.2. The molecule has 1 rings (SSSR count). The van der Waals surface area contributed by atoms with E-state index in [9.17, 15) is 5.11 Å². The summed E-state index contributed by atoms with van der Waals surface area (Å²) in [5, 5.41) is 9.19. The Morgan fingerprint density at radius 3 is 2.82 bits per heavy atom. The van der Waals surface area contributed by atoms with Gasteiger partial charge in [0.1, 0.15) is 5.75 Å². The molecule has 0 spiro atoms. The molecular weight excluding hydrogens is 158 g/mol. The van der Waals surface area contributed by atoms with Crippen LogP contribution in [0.25, 0.3) is 0 Å². The molecule has 0 aliphatic heterocycles. The average molecular weight is 169 g/mol. The number of thioether (sulfide) groups is 1. The molecule has 0 aliphatic rings. The molecule has 0 fully saturated rings. The normalized spacial score (nSPS) is 9.91. The predicted octanol–water partition coefficient (Wildman–Crippen LogP) is 1.84. The van der Waals surface area contributed by atoms with Crippen molar-refractivity contribution >= 4 is 17.4 Å². The van der Waals surface area contributed by atoms with E-state index in [1.807, 2.05) is 12.3 Å². The molecule has 60 valence electrons. The zero-order valence-corrected chi connectivity index (χ0v) is 7.19. The smallest absolute Gasteiger partial charge is 0.138 e. The van der Waals surface area contributed by atoms with Crippen molar-refractivity contribution in [2.24, 2.45) is 0 Å². The Balaban J connectivity index is 2.86. The van der Waals surface area contributed by atoms with Crippen LogP contribution in [0.1, 0.15) is 5.56 Å². The van der Waals surface area contributed by atoms with Gasteiger partial charge < -0.3 is 10.8 Å². The zero-order chi connectivity index (χ0) is 8.27. The summed E-state index contributed by atoms with van der Waals surface area (Å²) in [6.45, 7) is 0. The van der Waals surface area contributed by atoms with Gasteiger partial charge in [-0.25, -0.2) is 0 Å². The Morgan fingerprint density at radius 1 is 1.55 bits per heavy atom. The number of phenols is 1. The van der Waals surface area contributed by atoms with Crippen LogP contribution in [0.3, 0.4) is 0 Å². The van der Waals surface area contributed by atoms with Crippen LogP contribution < -0.4 is 5.73 Å². The van der Waals surface area contributed by atoms with E-state index in [0.29, 0.717) is 5.69 Å². The molecule has 0 saturated carbocycles. The highest BCUT2D eigenvalue weighted by Gasteiger charge is 1.97. The minimum absolute atomic E-state index is 0.177. The van der Waals surface area contributed by atoms with E-state index in [1.54, 1.807) is 23.9 Å². The lowest BCUT2D eigenvalue weighted by Gasteiger charge is -2.01. The van der Waals surface area contributed by atoms with Crippen LogP contribution in [0.15, 0.2) is 18.2 Å². The van der Waals surface area contributed by atoms with Crippen LogP contribution >= 0.6 is 11.8 Å². The Labute approximate surface area is 70.4 Å². The summed E-state index contributed by atoms with van der Waals surface area (Å²) in [5.41, 5.74) is 6.97. The molecule has 0 saturated heterocycles. The number of nitrogens with two attached hydrogens (primary N) is 1. The Bertz CT molecular complexity index is 250. The zero-order valence-electron chi connectivity index (χ0n) is 6.37. The van der Waals surface area contributed by atoms with Crippen LogP contribution in [-0.4, -0.2) is 11.4 Å². The van der Waals surface area contributed by atoms with Gasteiger partial charge in [-0.2, -0.15) is 11.8 Å². The number of phenolic OH excluding ortho intramolecular Hbond substituents is 1. The summed E-state index contributed by atoms with van der Waals surface area (Å²) in [5.74, 6) is 1.09. The van der Waals surface area contributed by atoms with Crippen molar-refractivity contribution in [2.75, 3.05) is 12.0 Å². The molecule has 1 aromatic carbocycles. The highest BCUT2D eigenvalue weighted by atomic mass is 32.2. The fourth-order valence-corrected chi connectivity index (χ4v) is 1.36. The third-order valence-corrected chi connectivity index (χ3v) is 2.03. The monoisotopic (exact) mass is 169 g/mol. The Morgan fingerprint density at radius 2 is 2.27 bits per heavy atom. The molecule has 3 heteroatoms. The number of nitrogen functional groups attached to an aromatic ring is 1. The van der Waals surface area contributed by atoms with E-state index >= 15 is 0 Å². The summed E-state index contributed by atoms with van der Waals surface area (Å²) < 4.78 is 0. The van der Waals surface area contributed by atoms with Crippen LogP contribution in [-0.2, 0) is 5.75 Å². The standard InChI is InChI=1S/C8H11NOS/c1-11-5-6-2-3-7(9)8(10)4-6/h2-4,10H,5,9H2,1H3. The first-order valence-electron chi connectivity index (χ1n) is 3.30. The molecule has 0 aromatic heterocycles. The third-order valence-electron chi connectivity index (χ3n) is 1.41. The second-order valence-corrected chi connectivity index (χ2v) is 3.19. The lowest BCUT2D eigenvalue weighted by Crippen LogP contribution is -1.86. The van der Waals surface area contributed by atoms with Crippen molar-refractivity contribution in [3.05, 3.63) is 23.8 Å². The van der Waals surface area contributed by atoms with Gasteiger partial charge in [-0.15, -0.1) is 0 Å². The topological polar surface area (TPSA) is 46.2 Å². The molecule has 0 atom stereocenters. The van der Waals surface area contributed by atoms with Gasteiger partial charge in [0.15, 0.2) is 0 Å². The van der Waals surface area contributed by atoms with Crippen molar-refractivity contribution in [1.29, 1.82) is 0 Å². The summed E-state index contributed by atoms with van der Waals surface area (Å²) in [6.07, 6.45) is 2.02. The van der Waals surface area contributed by atoms with E-state index in [-0.39, 0.29) is 5.75 Å². The molecule has 2 nitrogen and oxygen atoms in total. The van der Waals surface area contributed by atoms with E-state index in [4.69, 9.17) is 5.73 Å². The van der Waals surface area contributed by atoms with Gasteiger partial charge in [0, 0.05) is 5.75 Å². The molecule has 0 amide bonds. The minimum Gasteiger partial charge on any atom is -0.506 e. The summed E-state index contributed by atoms with van der Waals surface area (Å²) in [7, 11) is 0. The molecule has 1 aromatic rings. The second-order valence-electron chi connectivity index (χ2n) is 2.33. The summed E-state index contributed by atoms with van der Waals surface area (Å²) in [6, 6.07) is 5.35. The number of benzene rings is 1. The predicted molar refractivity (Wildman–Crippen MR) is 49.7 cm³/mol. The van der Waals surface area contributed by atoms with Gasteiger partial charge in [0.05, 0.1) is 5.69 Å². The molecule has 0 unspecified atom stereocenters. The van der Waals surface area contributed by atoms with E-state index in [0.717, 1.165) is 11.3 Å². The van der Waals surface area contributed by atoms with Crippen LogP contribution in [0.5, 0.6) is 5.75 Å². The molecule has 0 bridgehead atoms. The van der Waals surface area contributed by atoms with E-state index in [2.05, 4.69) is 0 Å². The molecule has 0 radical (unpaired) electrons. The fraction of sp³-hybridized carbons (Fsp3) is 0.250. The summed E-state index contributed by atoms with van der Waals surface area (Å²) >= 11 is 1.72. The number of hydrogen-bond acceptors (Lipinski definition) is 3. The van der Waals surface area contributed by atoms with E-state index in [1.165, 1.54) is 0 Å². The van der Waals surface area contributed by atoms with Crippen molar-refractivity contribution in [3.8, 4) is 5.75 Å². The molecule has 0 aliphatic carbocycles. The largest absolute Gasteiger partial charge is 0.506 e. The van der Waals surface area contributed by atoms with Gasteiger partial charge in [-0.05, 0) is 24.0 Å². The van der Waals surface area contributed by atoms with Crippen molar-refractivity contribution in [2.45, 2.75) is 5.75 Å². The number of rotatable bonds is 2. The van der Waals surface area contributed by atoms with Crippen molar-refractivity contribution in [3.63, 3.8) is 0 Å². The molecule has 0 heterocycles. The van der Waals surface area contributed by atoms with Crippen LogP contribution in [0, 0.1) is 0 Å². The molecule has 11 heavy (non-hydrogen) atoms. The number of anilines is 1. The maximum absolute atomic E-state index is 9.19. The maximum Gasteiger partial charge on any atom is 0.138 e. The number of aromatic hydroxyl groups is 1. The highest BCUT2D eigenvalue weighted by molar-refractivity contribution is 7.97. The first-order valence-corrected chi connectivity index (χ1v) is 4.69. The minimum atomic E-state index is 0.177. The van der Waals surface area contributed by atoms with Crippen LogP contribution in [0.4, 0.5) is 5.69 Å². The highest BCUT2D eigenvalue weighted by Crippen LogP contribution is 2.22. The fourth-order valence-electron chi connectivity index (χ4n) is 0.846. The SMILES string of the molecule is CSCc1ccc(N)c(O)c1. The van der Waals surface area contributed by atoms with Crippen molar-refractivity contribution in [1.82, 2.24) is 0 Å². The van der Waals surface area contributed by atoms with Crippen molar-refractivity contribution < 1.29 is 5.11 Å². The summed E-state index contributed by atoms with van der Waals surface area (Å²) in [4.78, 5) is 0. The van der Waals surface area contributed by atoms with Gasteiger partial charge in [0.25, 0.3) is 0 Å².